The Bertz CT molecular complexity index is 719. The van der Waals surface area contributed by atoms with Gasteiger partial charge in [-0.1, -0.05) is 20.3 Å². The van der Waals surface area contributed by atoms with Gasteiger partial charge in [0.1, 0.15) is 6.04 Å². The summed E-state index contributed by atoms with van der Waals surface area (Å²) in [5.74, 6) is -2.34. The second kappa shape index (κ2) is 10.1. The van der Waals surface area contributed by atoms with Crippen LogP contribution in [0.4, 0.5) is 5.69 Å². The maximum atomic E-state index is 12.1. The molecule has 1 rings (SSSR count). The van der Waals surface area contributed by atoms with E-state index < -0.39 is 41.1 Å². The van der Waals surface area contributed by atoms with Gasteiger partial charge in [-0.05, 0) is 18.1 Å². The second-order valence-corrected chi connectivity index (χ2v) is 5.67. The molecule has 0 aliphatic carbocycles. The van der Waals surface area contributed by atoms with Crippen molar-refractivity contribution in [2.45, 2.75) is 26.3 Å². The molecule has 10 heteroatoms. The highest BCUT2D eigenvalue weighted by Crippen LogP contribution is 2.28. The molecule has 0 radical (unpaired) electrons. The fraction of sp³-hybridized carbons (Fsp3) is 0.471. The van der Waals surface area contributed by atoms with E-state index in [2.05, 4.69) is 14.8 Å². The summed E-state index contributed by atoms with van der Waals surface area (Å²) in [7, 11) is 2.37. The number of carbonyl (C=O) groups is 3. The summed E-state index contributed by atoms with van der Waals surface area (Å²) in [5, 5.41) is 13.7. The number of benzene rings is 1. The van der Waals surface area contributed by atoms with Gasteiger partial charge in [0, 0.05) is 6.07 Å². The van der Waals surface area contributed by atoms with Crippen molar-refractivity contribution in [3.8, 4) is 5.75 Å². The van der Waals surface area contributed by atoms with Gasteiger partial charge in [0.25, 0.3) is 5.91 Å². The number of rotatable bonds is 9. The van der Waals surface area contributed by atoms with Gasteiger partial charge >= 0.3 is 17.6 Å². The molecule has 148 valence electrons. The van der Waals surface area contributed by atoms with Crippen molar-refractivity contribution >= 4 is 23.5 Å². The molecule has 27 heavy (non-hydrogen) atoms. The molecule has 1 amide bonds. The van der Waals surface area contributed by atoms with E-state index in [9.17, 15) is 24.5 Å². The van der Waals surface area contributed by atoms with Crippen molar-refractivity contribution in [2.75, 3.05) is 20.8 Å². The van der Waals surface area contributed by atoms with Gasteiger partial charge in [-0.25, -0.2) is 9.59 Å². The zero-order valence-corrected chi connectivity index (χ0v) is 15.5. The molecule has 0 aromatic heterocycles. The number of ether oxygens (including phenoxy) is 3. The Balaban J connectivity index is 2.87. The van der Waals surface area contributed by atoms with Crippen molar-refractivity contribution in [1.29, 1.82) is 0 Å². The van der Waals surface area contributed by atoms with Crippen LogP contribution in [0.25, 0.3) is 0 Å². The van der Waals surface area contributed by atoms with Crippen LogP contribution in [0.3, 0.4) is 0 Å². The van der Waals surface area contributed by atoms with Crippen LogP contribution in [0.5, 0.6) is 5.75 Å². The molecular formula is C17H22N2O8. The van der Waals surface area contributed by atoms with Crippen LogP contribution in [0.15, 0.2) is 18.2 Å². The maximum absolute atomic E-state index is 12.1. The molecule has 10 nitrogen and oxygen atoms in total. The summed E-state index contributed by atoms with van der Waals surface area (Å²) in [6.07, 6.45) is 0.626. The molecule has 0 fully saturated rings. The van der Waals surface area contributed by atoms with Crippen molar-refractivity contribution < 1.29 is 33.5 Å². The summed E-state index contributed by atoms with van der Waals surface area (Å²) in [5.41, 5.74) is -0.513. The SMILES string of the molecule is CC[C@H](C)[C@H](NC(=O)COc1ccc(C(=O)OC)cc1[N+](=O)[O-])C(=O)OC. The Hall–Kier alpha value is -3.17. The van der Waals surface area contributed by atoms with Crippen molar-refractivity contribution in [3.05, 3.63) is 33.9 Å². The lowest BCUT2D eigenvalue weighted by Crippen LogP contribution is -2.47. The lowest BCUT2D eigenvalue weighted by molar-refractivity contribution is -0.385. The molecule has 0 unspecified atom stereocenters. The van der Waals surface area contributed by atoms with E-state index in [-0.39, 0.29) is 17.2 Å². The molecule has 0 bridgehead atoms. The Kier molecular flexibility index (Phi) is 8.18. The number of nitro benzene ring substituents is 1. The van der Waals surface area contributed by atoms with Crippen LogP contribution in [0.1, 0.15) is 30.6 Å². The van der Waals surface area contributed by atoms with E-state index in [1.54, 1.807) is 6.92 Å². The summed E-state index contributed by atoms with van der Waals surface area (Å²) >= 11 is 0. The van der Waals surface area contributed by atoms with Crippen LogP contribution >= 0.6 is 0 Å². The van der Waals surface area contributed by atoms with E-state index in [4.69, 9.17) is 4.74 Å². The Morgan fingerprint density at radius 2 is 1.89 bits per heavy atom. The second-order valence-electron chi connectivity index (χ2n) is 5.67. The number of amides is 1. The average Bonchev–Trinajstić information content (AvgIpc) is 2.68. The largest absolute Gasteiger partial charge is 0.477 e. The number of carbonyl (C=O) groups excluding carboxylic acids is 3. The standard InChI is InChI=1S/C17H22N2O8/c1-5-10(2)15(17(22)26-4)18-14(20)9-27-13-7-6-11(16(21)25-3)8-12(13)19(23)24/h6-8,10,15H,5,9H2,1-4H3,(H,18,20)/t10-,15-/m0/s1. The minimum atomic E-state index is -0.854. The number of esters is 2. The van der Waals surface area contributed by atoms with E-state index in [0.717, 1.165) is 13.2 Å². The minimum absolute atomic E-state index is 0.0245. The summed E-state index contributed by atoms with van der Waals surface area (Å²) < 4.78 is 14.4. The third-order valence-electron chi connectivity index (χ3n) is 3.92. The smallest absolute Gasteiger partial charge is 0.338 e. The molecule has 2 atom stereocenters. The molecular weight excluding hydrogens is 360 g/mol. The highest BCUT2D eigenvalue weighted by atomic mass is 16.6. The minimum Gasteiger partial charge on any atom is -0.477 e. The quantitative estimate of drug-likeness (QED) is 0.385. The summed E-state index contributed by atoms with van der Waals surface area (Å²) in [4.78, 5) is 45.8. The highest BCUT2D eigenvalue weighted by molar-refractivity contribution is 5.90. The van der Waals surface area contributed by atoms with Crippen LogP contribution in [0.2, 0.25) is 0 Å². The Labute approximate surface area is 155 Å². The number of nitrogens with one attached hydrogen (secondary N) is 1. The van der Waals surface area contributed by atoms with Gasteiger partial charge in [-0.2, -0.15) is 0 Å². The van der Waals surface area contributed by atoms with Crippen molar-refractivity contribution in [1.82, 2.24) is 5.32 Å². The first kappa shape index (κ1) is 21.9. The van der Waals surface area contributed by atoms with Crippen LogP contribution in [-0.2, 0) is 19.1 Å². The highest BCUT2D eigenvalue weighted by Gasteiger charge is 2.27. The van der Waals surface area contributed by atoms with E-state index >= 15 is 0 Å². The fourth-order valence-electron chi connectivity index (χ4n) is 2.18. The molecule has 0 spiro atoms. The van der Waals surface area contributed by atoms with E-state index in [0.29, 0.717) is 6.42 Å². The van der Waals surface area contributed by atoms with E-state index in [1.807, 2.05) is 6.92 Å². The first-order chi connectivity index (χ1) is 12.7. The normalized spacial score (nSPS) is 12.4. The van der Waals surface area contributed by atoms with Crippen LogP contribution in [0, 0.1) is 16.0 Å². The topological polar surface area (TPSA) is 134 Å². The summed E-state index contributed by atoms with van der Waals surface area (Å²) in [6, 6.07) is 2.62. The van der Waals surface area contributed by atoms with Gasteiger partial charge < -0.3 is 19.5 Å². The Morgan fingerprint density at radius 1 is 1.22 bits per heavy atom. The van der Waals surface area contributed by atoms with E-state index in [1.165, 1.54) is 19.2 Å². The van der Waals surface area contributed by atoms with Gasteiger partial charge in [0.2, 0.25) is 0 Å². The van der Waals surface area contributed by atoms with Gasteiger partial charge in [0.05, 0.1) is 24.7 Å². The first-order valence-electron chi connectivity index (χ1n) is 8.11. The van der Waals surface area contributed by atoms with Crippen LogP contribution in [-0.4, -0.2) is 49.6 Å². The number of nitro groups is 1. The zero-order chi connectivity index (χ0) is 20.6. The zero-order valence-electron chi connectivity index (χ0n) is 15.5. The van der Waals surface area contributed by atoms with Gasteiger partial charge in [0.15, 0.2) is 12.4 Å². The van der Waals surface area contributed by atoms with Crippen LogP contribution < -0.4 is 10.1 Å². The number of nitrogens with zero attached hydrogens (tertiary/aromatic N) is 1. The lowest BCUT2D eigenvalue weighted by Gasteiger charge is -2.21. The molecule has 0 heterocycles. The predicted octanol–water partition coefficient (Wildman–Crippen LogP) is 1.46. The monoisotopic (exact) mass is 382 g/mol. The molecule has 0 saturated carbocycles. The molecule has 1 N–H and O–H groups in total. The third-order valence-corrected chi connectivity index (χ3v) is 3.92. The van der Waals surface area contributed by atoms with Crippen molar-refractivity contribution in [3.63, 3.8) is 0 Å². The fourth-order valence-corrected chi connectivity index (χ4v) is 2.18. The van der Waals surface area contributed by atoms with Crippen molar-refractivity contribution in [2.24, 2.45) is 5.92 Å². The number of methoxy groups -OCH3 is 2. The molecule has 0 aliphatic heterocycles. The summed E-state index contributed by atoms with van der Waals surface area (Å²) in [6.45, 7) is 3.08. The Morgan fingerprint density at radius 3 is 2.41 bits per heavy atom. The number of hydrogen-bond donors (Lipinski definition) is 1. The first-order valence-corrected chi connectivity index (χ1v) is 8.11. The average molecular weight is 382 g/mol. The molecule has 1 aromatic rings. The third kappa shape index (κ3) is 5.94. The molecule has 0 saturated heterocycles. The molecule has 1 aromatic carbocycles. The molecule has 0 aliphatic rings. The predicted molar refractivity (Wildman–Crippen MR) is 93.3 cm³/mol. The number of hydrogen-bond acceptors (Lipinski definition) is 8. The maximum Gasteiger partial charge on any atom is 0.338 e. The lowest BCUT2D eigenvalue weighted by atomic mass is 9.99. The van der Waals surface area contributed by atoms with Gasteiger partial charge in [-0.15, -0.1) is 0 Å². The van der Waals surface area contributed by atoms with Gasteiger partial charge in [-0.3, -0.25) is 14.9 Å².